The van der Waals surface area contributed by atoms with Crippen LogP contribution in [0.1, 0.15) is 16.7 Å². The summed E-state index contributed by atoms with van der Waals surface area (Å²) < 4.78 is 16.0. The van der Waals surface area contributed by atoms with Crippen molar-refractivity contribution in [2.24, 2.45) is 7.05 Å². The Kier molecular flexibility index (Phi) is 3.60. The highest BCUT2D eigenvalue weighted by Crippen LogP contribution is 2.29. The molecule has 122 valence electrons. The smallest absolute Gasteiger partial charge is 0.227 e. The lowest BCUT2D eigenvalue weighted by atomic mass is 10.1. The van der Waals surface area contributed by atoms with Crippen molar-refractivity contribution in [1.82, 2.24) is 9.47 Å². The third-order valence-electron chi connectivity index (χ3n) is 4.84. The fourth-order valence-electron chi connectivity index (χ4n) is 3.61. The maximum Gasteiger partial charge on any atom is 0.227 e. The van der Waals surface area contributed by atoms with E-state index in [4.69, 9.17) is 0 Å². The summed E-state index contributed by atoms with van der Waals surface area (Å²) in [6.45, 7) is 1.25. The van der Waals surface area contributed by atoms with Crippen LogP contribution in [0.4, 0.5) is 4.39 Å². The number of amides is 1. The molecule has 2 heterocycles. The first-order valence-corrected chi connectivity index (χ1v) is 8.20. The number of hydrogen-bond donors (Lipinski definition) is 0. The molecular weight excluding hydrogens is 303 g/mol. The van der Waals surface area contributed by atoms with Gasteiger partial charge in [-0.1, -0.05) is 30.3 Å². The SMILES string of the molecule is Cn1cc2c3c(cccc31)CN(C(=O)Cc1ccccc1F)CC2. The van der Waals surface area contributed by atoms with Gasteiger partial charge in [0.2, 0.25) is 5.91 Å². The Morgan fingerprint density at radius 2 is 1.96 bits per heavy atom. The van der Waals surface area contributed by atoms with Crippen LogP contribution in [0.15, 0.2) is 48.7 Å². The van der Waals surface area contributed by atoms with E-state index in [1.165, 1.54) is 28.1 Å². The highest BCUT2D eigenvalue weighted by atomic mass is 19.1. The van der Waals surface area contributed by atoms with Crippen LogP contribution in [-0.2, 0) is 31.2 Å². The summed E-state index contributed by atoms with van der Waals surface area (Å²) in [6.07, 6.45) is 3.09. The largest absolute Gasteiger partial charge is 0.350 e. The summed E-state index contributed by atoms with van der Waals surface area (Å²) in [7, 11) is 2.05. The van der Waals surface area contributed by atoms with Crippen LogP contribution < -0.4 is 0 Å². The number of aryl methyl sites for hydroxylation is 1. The van der Waals surface area contributed by atoms with E-state index in [0.29, 0.717) is 18.7 Å². The minimum Gasteiger partial charge on any atom is -0.350 e. The second kappa shape index (κ2) is 5.78. The molecule has 1 aromatic heterocycles. The lowest BCUT2D eigenvalue weighted by Crippen LogP contribution is -2.33. The molecule has 0 aliphatic carbocycles. The van der Waals surface area contributed by atoms with Crippen molar-refractivity contribution in [2.45, 2.75) is 19.4 Å². The molecule has 1 aliphatic rings. The minimum absolute atomic E-state index is 0.0216. The van der Waals surface area contributed by atoms with E-state index < -0.39 is 0 Å². The first kappa shape index (κ1) is 14.9. The molecule has 1 amide bonds. The second-order valence-electron chi connectivity index (χ2n) is 6.41. The molecule has 0 unspecified atom stereocenters. The van der Waals surface area contributed by atoms with Crippen molar-refractivity contribution in [1.29, 1.82) is 0 Å². The zero-order valence-corrected chi connectivity index (χ0v) is 13.6. The van der Waals surface area contributed by atoms with Crippen molar-refractivity contribution < 1.29 is 9.18 Å². The number of benzene rings is 2. The third-order valence-corrected chi connectivity index (χ3v) is 4.84. The Hall–Kier alpha value is -2.62. The van der Waals surface area contributed by atoms with Gasteiger partial charge < -0.3 is 9.47 Å². The number of aromatic nitrogens is 1. The molecule has 0 spiro atoms. The molecule has 0 atom stereocenters. The second-order valence-corrected chi connectivity index (χ2v) is 6.41. The number of rotatable bonds is 2. The molecule has 2 aromatic carbocycles. The summed E-state index contributed by atoms with van der Waals surface area (Å²) in [5.74, 6) is -0.335. The molecule has 0 saturated heterocycles. The highest BCUT2D eigenvalue weighted by molar-refractivity contribution is 5.88. The molecule has 0 bridgehead atoms. The van der Waals surface area contributed by atoms with Gasteiger partial charge >= 0.3 is 0 Å². The predicted octanol–water partition coefficient (Wildman–Crippen LogP) is 3.44. The highest BCUT2D eigenvalue weighted by Gasteiger charge is 2.22. The van der Waals surface area contributed by atoms with E-state index in [2.05, 4.69) is 29.9 Å². The van der Waals surface area contributed by atoms with Crippen LogP contribution in [0, 0.1) is 5.82 Å². The molecule has 0 N–H and O–H groups in total. The topological polar surface area (TPSA) is 25.2 Å². The van der Waals surface area contributed by atoms with Crippen LogP contribution in [0.2, 0.25) is 0 Å². The predicted molar refractivity (Wildman–Crippen MR) is 92.1 cm³/mol. The van der Waals surface area contributed by atoms with Gasteiger partial charge in [0.05, 0.1) is 6.42 Å². The standard InChI is InChI=1S/C20H19FN2O/c1-22-12-16-9-10-23(13-15-6-4-8-18(22)20(15)16)19(24)11-14-5-2-3-7-17(14)21/h2-8,12H,9-11,13H2,1H3. The first-order valence-electron chi connectivity index (χ1n) is 8.20. The Bertz CT molecular complexity index is 929. The zero-order chi connectivity index (χ0) is 16.7. The van der Waals surface area contributed by atoms with Gasteiger partial charge in [-0.2, -0.15) is 0 Å². The van der Waals surface area contributed by atoms with Crippen LogP contribution in [0.3, 0.4) is 0 Å². The molecule has 3 nitrogen and oxygen atoms in total. The fraction of sp³-hybridized carbons (Fsp3) is 0.250. The van der Waals surface area contributed by atoms with Gasteiger partial charge in [0.25, 0.3) is 0 Å². The van der Waals surface area contributed by atoms with Gasteiger partial charge in [-0.05, 0) is 35.2 Å². The summed E-state index contributed by atoms with van der Waals surface area (Å²) >= 11 is 0. The molecular formula is C20H19FN2O. The van der Waals surface area contributed by atoms with Gasteiger partial charge in [0, 0.05) is 37.2 Å². The molecule has 1 aliphatic heterocycles. The fourth-order valence-corrected chi connectivity index (χ4v) is 3.61. The van der Waals surface area contributed by atoms with Crippen molar-refractivity contribution in [2.75, 3.05) is 6.54 Å². The molecule has 0 saturated carbocycles. The van der Waals surface area contributed by atoms with E-state index in [9.17, 15) is 9.18 Å². The number of carbonyl (C=O) groups is 1. The number of halogens is 1. The lowest BCUT2D eigenvalue weighted by Gasteiger charge is -2.21. The lowest BCUT2D eigenvalue weighted by molar-refractivity contribution is -0.131. The van der Waals surface area contributed by atoms with E-state index in [1.54, 1.807) is 18.2 Å². The third kappa shape index (κ3) is 2.48. The minimum atomic E-state index is -0.313. The van der Waals surface area contributed by atoms with E-state index in [0.717, 1.165) is 6.42 Å². The maximum atomic E-state index is 13.8. The molecule has 0 fully saturated rings. The quantitative estimate of drug-likeness (QED) is 0.709. The summed E-state index contributed by atoms with van der Waals surface area (Å²) in [6, 6.07) is 12.7. The molecule has 0 radical (unpaired) electrons. The van der Waals surface area contributed by atoms with E-state index in [1.807, 2.05) is 11.0 Å². The van der Waals surface area contributed by atoms with Crippen LogP contribution in [0.5, 0.6) is 0 Å². The van der Waals surface area contributed by atoms with Gasteiger partial charge in [-0.3, -0.25) is 4.79 Å². The van der Waals surface area contributed by atoms with Crippen LogP contribution >= 0.6 is 0 Å². The van der Waals surface area contributed by atoms with Gasteiger partial charge in [-0.25, -0.2) is 4.39 Å². The van der Waals surface area contributed by atoms with Gasteiger partial charge in [-0.15, -0.1) is 0 Å². The van der Waals surface area contributed by atoms with Gasteiger partial charge in [0.15, 0.2) is 0 Å². The van der Waals surface area contributed by atoms with Crippen molar-refractivity contribution in [3.05, 3.63) is 71.2 Å². The zero-order valence-electron chi connectivity index (χ0n) is 13.6. The summed E-state index contributed by atoms with van der Waals surface area (Å²) in [5.41, 5.74) is 4.11. The maximum absolute atomic E-state index is 13.8. The number of nitrogens with zero attached hydrogens (tertiary/aromatic N) is 2. The number of carbonyl (C=O) groups excluding carboxylic acids is 1. The Morgan fingerprint density at radius 3 is 2.79 bits per heavy atom. The van der Waals surface area contributed by atoms with Crippen molar-refractivity contribution in [3.8, 4) is 0 Å². The Morgan fingerprint density at radius 1 is 1.12 bits per heavy atom. The molecule has 4 rings (SSSR count). The van der Waals surface area contributed by atoms with Gasteiger partial charge in [0.1, 0.15) is 5.82 Å². The Labute approximate surface area is 140 Å². The molecule has 24 heavy (non-hydrogen) atoms. The van der Waals surface area contributed by atoms with Crippen molar-refractivity contribution >= 4 is 16.8 Å². The Balaban J connectivity index is 1.62. The van der Waals surface area contributed by atoms with E-state index >= 15 is 0 Å². The van der Waals surface area contributed by atoms with Crippen LogP contribution in [-0.4, -0.2) is 21.9 Å². The monoisotopic (exact) mass is 322 g/mol. The first-order chi connectivity index (χ1) is 11.6. The van der Waals surface area contributed by atoms with E-state index in [-0.39, 0.29) is 18.1 Å². The number of hydrogen-bond acceptors (Lipinski definition) is 1. The average Bonchev–Trinajstić information content (AvgIpc) is 2.78. The molecule has 3 aromatic rings. The normalized spacial score (nSPS) is 14.0. The van der Waals surface area contributed by atoms with Crippen LogP contribution in [0.25, 0.3) is 10.9 Å². The van der Waals surface area contributed by atoms with Crippen molar-refractivity contribution in [3.63, 3.8) is 0 Å². The molecule has 4 heteroatoms. The summed E-state index contributed by atoms with van der Waals surface area (Å²) in [4.78, 5) is 14.5. The average molecular weight is 322 g/mol. The summed E-state index contributed by atoms with van der Waals surface area (Å²) in [5, 5.41) is 1.26.